The number of thiophene rings is 1. The fourth-order valence-corrected chi connectivity index (χ4v) is 4.16. The van der Waals surface area contributed by atoms with E-state index in [1.807, 2.05) is 13.0 Å². The Labute approximate surface area is 128 Å². The number of hydrogen-bond donors (Lipinski definition) is 2. The highest BCUT2D eigenvalue weighted by Gasteiger charge is 2.15. The van der Waals surface area contributed by atoms with Crippen molar-refractivity contribution in [2.75, 3.05) is 13.1 Å². The summed E-state index contributed by atoms with van der Waals surface area (Å²) in [6, 6.07) is 3.49. The van der Waals surface area contributed by atoms with Crippen molar-refractivity contribution in [2.45, 2.75) is 30.6 Å². The molecule has 0 aliphatic rings. The minimum atomic E-state index is -3.41. The normalized spacial score (nSPS) is 11.9. The number of sulfonamides is 1. The maximum absolute atomic E-state index is 12.1. The van der Waals surface area contributed by atoms with Gasteiger partial charge in [0.25, 0.3) is 0 Å². The minimum absolute atomic E-state index is 0.358. The lowest BCUT2D eigenvalue weighted by Crippen LogP contribution is -2.24. The summed E-state index contributed by atoms with van der Waals surface area (Å²) in [5, 5.41) is 10.7. The Balaban J connectivity index is 1.82. The molecule has 0 spiro atoms. The minimum Gasteiger partial charge on any atom is -0.312 e. The van der Waals surface area contributed by atoms with Gasteiger partial charge in [0, 0.05) is 30.7 Å². The van der Waals surface area contributed by atoms with Crippen molar-refractivity contribution in [2.24, 2.45) is 0 Å². The molecule has 7 nitrogen and oxygen atoms in total. The van der Waals surface area contributed by atoms with Gasteiger partial charge in [0.15, 0.2) is 0 Å². The van der Waals surface area contributed by atoms with E-state index >= 15 is 0 Å². The number of nitrogens with zero attached hydrogens (tertiary/aromatic N) is 3. The van der Waals surface area contributed by atoms with Gasteiger partial charge >= 0.3 is 0 Å². The van der Waals surface area contributed by atoms with Crippen LogP contribution in [0.2, 0.25) is 0 Å². The van der Waals surface area contributed by atoms with E-state index in [0.29, 0.717) is 30.3 Å². The number of rotatable bonds is 9. The summed E-state index contributed by atoms with van der Waals surface area (Å²) in [6.45, 7) is 4.59. The Morgan fingerprint density at radius 3 is 2.95 bits per heavy atom. The summed E-state index contributed by atoms with van der Waals surface area (Å²) in [4.78, 5) is 1.01. The molecule has 0 aliphatic carbocycles. The first-order chi connectivity index (χ1) is 10.1. The van der Waals surface area contributed by atoms with Crippen molar-refractivity contribution in [3.05, 3.63) is 29.4 Å². The predicted molar refractivity (Wildman–Crippen MR) is 81.5 cm³/mol. The summed E-state index contributed by atoms with van der Waals surface area (Å²) in [5.74, 6) is 0. The second-order valence-corrected chi connectivity index (χ2v) is 7.58. The van der Waals surface area contributed by atoms with Crippen LogP contribution < -0.4 is 10.0 Å². The largest absolute Gasteiger partial charge is 0.312 e. The Hall–Kier alpha value is -1.29. The first-order valence-corrected chi connectivity index (χ1v) is 9.05. The van der Waals surface area contributed by atoms with Gasteiger partial charge in [0.05, 0.1) is 6.20 Å². The van der Waals surface area contributed by atoms with Crippen molar-refractivity contribution in [3.8, 4) is 0 Å². The van der Waals surface area contributed by atoms with Crippen LogP contribution >= 0.6 is 11.3 Å². The van der Waals surface area contributed by atoms with Gasteiger partial charge in [0.1, 0.15) is 4.21 Å². The average Bonchev–Trinajstić information content (AvgIpc) is 3.13. The highest BCUT2D eigenvalue weighted by atomic mass is 32.2. The van der Waals surface area contributed by atoms with E-state index in [1.165, 1.54) is 11.3 Å². The van der Waals surface area contributed by atoms with Crippen LogP contribution in [0.1, 0.15) is 18.2 Å². The molecule has 21 heavy (non-hydrogen) atoms. The fraction of sp³-hybridized carbons (Fsp3) is 0.500. The third kappa shape index (κ3) is 4.88. The van der Waals surface area contributed by atoms with E-state index in [1.54, 1.807) is 23.1 Å². The second-order valence-electron chi connectivity index (χ2n) is 4.42. The zero-order valence-electron chi connectivity index (χ0n) is 11.8. The van der Waals surface area contributed by atoms with Crippen LogP contribution in [0, 0.1) is 0 Å². The molecule has 116 valence electrons. The van der Waals surface area contributed by atoms with E-state index in [-0.39, 0.29) is 0 Å². The zero-order valence-corrected chi connectivity index (χ0v) is 13.5. The van der Waals surface area contributed by atoms with Crippen molar-refractivity contribution >= 4 is 21.4 Å². The molecule has 2 rings (SSSR count). The molecule has 0 bridgehead atoms. The standard InChI is InChI=1S/C12H19N5O2S2/c1-2-13-10-11-4-5-12(20-11)21(18,19)15-6-3-8-17-9-7-14-16-17/h4-5,7,9,13,15H,2-3,6,8,10H2,1H3. The number of nitrogens with one attached hydrogen (secondary N) is 2. The lowest BCUT2D eigenvalue weighted by atomic mass is 10.4. The van der Waals surface area contributed by atoms with Gasteiger partial charge in [-0.25, -0.2) is 13.1 Å². The Morgan fingerprint density at radius 2 is 2.24 bits per heavy atom. The molecule has 0 fully saturated rings. The molecular formula is C12H19N5O2S2. The maximum Gasteiger partial charge on any atom is 0.250 e. The van der Waals surface area contributed by atoms with Crippen LogP contribution in [0.3, 0.4) is 0 Å². The third-order valence-electron chi connectivity index (χ3n) is 2.78. The van der Waals surface area contributed by atoms with E-state index in [4.69, 9.17) is 0 Å². The quantitative estimate of drug-likeness (QED) is 0.665. The highest BCUT2D eigenvalue weighted by Crippen LogP contribution is 2.21. The lowest BCUT2D eigenvalue weighted by Gasteiger charge is -2.04. The first kappa shape index (κ1) is 16.1. The topological polar surface area (TPSA) is 88.9 Å². The van der Waals surface area contributed by atoms with Crippen molar-refractivity contribution < 1.29 is 8.42 Å². The Morgan fingerprint density at radius 1 is 1.38 bits per heavy atom. The molecule has 0 saturated carbocycles. The van der Waals surface area contributed by atoms with Crippen LogP contribution in [0.5, 0.6) is 0 Å². The first-order valence-electron chi connectivity index (χ1n) is 6.75. The van der Waals surface area contributed by atoms with E-state index in [2.05, 4.69) is 20.4 Å². The number of aromatic nitrogens is 3. The monoisotopic (exact) mass is 329 g/mol. The molecule has 0 saturated heterocycles. The van der Waals surface area contributed by atoms with Gasteiger partial charge < -0.3 is 5.32 Å². The summed E-state index contributed by atoms with van der Waals surface area (Å²) in [7, 11) is -3.41. The van der Waals surface area contributed by atoms with Crippen LogP contribution in [-0.2, 0) is 23.1 Å². The molecule has 0 atom stereocenters. The van der Waals surface area contributed by atoms with Crippen molar-refractivity contribution in [1.82, 2.24) is 25.0 Å². The van der Waals surface area contributed by atoms with Gasteiger partial charge in [-0.3, -0.25) is 4.68 Å². The molecule has 0 aromatic carbocycles. The smallest absolute Gasteiger partial charge is 0.250 e. The second kappa shape index (κ2) is 7.64. The molecule has 0 amide bonds. The zero-order chi connectivity index (χ0) is 15.1. The predicted octanol–water partition coefficient (Wildman–Crippen LogP) is 0.818. The molecule has 2 aromatic rings. The van der Waals surface area contributed by atoms with Gasteiger partial charge in [0.2, 0.25) is 10.0 Å². The van der Waals surface area contributed by atoms with Gasteiger partial charge in [-0.2, -0.15) is 0 Å². The molecule has 0 radical (unpaired) electrons. The van der Waals surface area contributed by atoms with Gasteiger partial charge in [-0.15, -0.1) is 16.4 Å². The molecule has 2 heterocycles. The lowest BCUT2D eigenvalue weighted by molar-refractivity contribution is 0.543. The SMILES string of the molecule is CCNCc1ccc(S(=O)(=O)NCCCn2ccnn2)s1. The van der Waals surface area contributed by atoms with Crippen molar-refractivity contribution in [1.29, 1.82) is 0 Å². The molecule has 2 aromatic heterocycles. The maximum atomic E-state index is 12.1. The summed E-state index contributed by atoms with van der Waals surface area (Å²) >= 11 is 1.30. The molecule has 0 unspecified atom stereocenters. The highest BCUT2D eigenvalue weighted by molar-refractivity contribution is 7.91. The van der Waals surface area contributed by atoms with Crippen molar-refractivity contribution in [3.63, 3.8) is 0 Å². The van der Waals surface area contributed by atoms with E-state index < -0.39 is 10.0 Å². The van der Waals surface area contributed by atoms with Gasteiger partial charge in [-0.1, -0.05) is 12.1 Å². The van der Waals surface area contributed by atoms with Crippen LogP contribution in [0.4, 0.5) is 0 Å². The molecule has 2 N–H and O–H groups in total. The summed E-state index contributed by atoms with van der Waals surface area (Å²) in [6.07, 6.45) is 4.01. The molecule has 9 heteroatoms. The van der Waals surface area contributed by atoms with Crippen LogP contribution in [-0.4, -0.2) is 36.5 Å². The average molecular weight is 329 g/mol. The van der Waals surface area contributed by atoms with E-state index in [0.717, 1.165) is 11.4 Å². The third-order valence-corrected chi connectivity index (χ3v) is 5.82. The van der Waals surface area contributed by atoms with Crippen LogP contribution in [0.25, 0.3) is 0 Å². The summed E-state index contributed by atoms with van der Waals surface area (Å²) in [5.41, 5.74) is 0. The van der Waals surface area contributed by atoms with Gasteiger partial charge in [-0.05, 0) is 25.1 Å². The molecule has 0 aliphatic heterocycles. The number of aryl methyl sites for hydroxylation is 1. The molecular weight excluding hydrogens is 310 g/mol. The summed E-state index contributed by atoms with van der Waals surface area (Å²) < 4.78 is 28.9. The van der Waals surface area contributed by atoms with E-state index in [9.17, 15) is 8.42 Å². The fourth-order valence-electron chi connectivity index (χ4n) is 1.72. The number of hydrogen-bond acceptors (Lipinski definition) is 6. The van der Waals surface area contributed by atoms with Crippen LogP contribution in [0.15, 0.2) is 28.7 Å². The Kier molecular flexibility index (Phi) is 5.85. The Bertz CT molecular complexity index is 636.